The van der Waals surface area contributed by atoms with Crippen molar-refractivity contribution >= 4 is 29.0 Å². The van der Waals surface area contributed by atoms with Gasteiger partial charge in [0.25, 0.3) is 0 Å². The monoisotopic (exact) mass is 546 g/mol. The maximum Gasteiger partial charge on any atom is 0.227 e. The highest BCUT2D eigenvalue weighted by Crippen LogP contribution is 2.38. The van der Waals surface area contributed by atoms with E-state index in [9.17, 15) is 4.79 Å². The standard InChI is InChI=1S/C32H39ClN4O2/c1-21-18-24(22-12-14-37(15-13-22)16-17-39-4)9-10-27(21)35-31-34-20-26(33)28(36-31)11-8-23-6-5-7-25-19-29(38)32(2,3)30(23)25/h5-7,9-10,18,20,22H,8,11-17,19H2,1-4H3,(H,34,35,36). The predicted octanol–water partition coefficient (Wildman–Crippen LogP) is 6.20. The minimum absolute atomic E-state index is 0.283. The molecule has 1 aliphatic carbocycles. The molecule has 1 saturated heterocycles. The molecule has 1 fully saturated rings. The van der Waals surface area contributed by atoms with Crippen molar-refractivity contribution in [2.24, 2.45) is 0 Å². The molecule has 0 bridgehead atoms. The molecule has 0 unspecified atom stereocenters. The van der Waals surface area contributed by atoms with Gasteiger partial charge in [0.2, 0.25) is 5.95 Å². The zero-order valence-electron chi connectivity index (χ0n) is 23.5. The van der Waals surface area contributed by atoms with Crippen LogP contribution in [-0.4, -0.2) is 54.0 Å². The number of benzene rings is 2. The number of hydrogen-bond donors (Lipinski definition) is 1. The first-order valence-electron chi connectivity index (χ1n) is 14.0. The number of likely N-dealkylation sites (tertiary alicyclic amines) is 1. The number of methoxy groups -OCH3 is 1. The van der Waals surface area contributed by atoms with Gasteiger partial charge in [-0.05, 0) is 99.3 Å². The molecule has 2 aliphatic rings. The first-order chi connectivity index (χ1) is 18.8. The van der Waals surface area contributed by atoms with Crippen LogP contribution in [0.2, 0.25) is 5.02 Å². The van der Waals surface area contributed by atoms with Crippen LogP contribution in [0.4, 0.5) is 11.6 Å². The summed E-state index contributed by atoms with van der Waals surface area (Å²) in [7, 11) is 1.77. The summed E-state index contributed by atoms with van der Waals surface area (Å²) in [6.45, 7) is 10.2. The Morgan fingerprint density at radius 3 is 2.69 bits per heavy atom. The lowest BCUT2D eigenvalue weighted by molar-refractivity contribution is -0.121. The molecule has 0 spiro atoms. The average Bonchev–Trinajstić information content (AvgIpc) is 3.17. The van der Waals surface area contributed by atoms with Gasteiger partial charge in [-0.3, -0.25) is 4.79 Å². The fourth-order valence-electron chi connectivity index (χ4n) is 6.15. The lowest BCUT2D eigenvalue weighted by Gasteiger charge is -2.32. The highest BCUT2D eigenvalue weighted by atomic mass is 35.5. The molecule has 0 saturated carbocycles. The summed E-state index contributed by atoms with van der Waals surface area (Å²) >= 11 is 6.52. The molecule has 7 heteroatoms. The van der Waals surface area contributed by atoms with Crippen LogP contribution < -0.4 is 5.32 Å². The maximum absolute atomic E-state index is 12.6. The molecule has 1 N–H and O–H groups in total. The number of nitrogens with zero attached hydrogens (tertiary/aromatic N) is 3. The van der Waals surface area contributed by atoms with Crippen LogP contribution in [0.15, 0.2) is 42.6 Å². The number of aryl methyl sites for hydroxylation is 3. The number of anilines is 2. The number of carbonyl (C=O) groups is 1. The molecule has 3 aromatic rings. The second-order valence-electron chi connectivity index (χ2n) is 11.5. The molecular weight excluding hydrogens is 508 g/mol. The molecule has 206 valence electrons. The molecule has 0 amide bonds. The SMILES string of the molecule is COCCN1CCC(c2ccc(Nc3ncc(Cl)c(CCc4cccc5c4C(C)(C)C(=O)C5)n3)c(C)c2)CC1. The van der Waals surface area contributed by atoms with E-state index in [0.717, 1.165) is 49.6 Å². The molecule has 1 aromatic heterocycles. The van der Waals surface area contributed by atoms with Gasteiger partial charge >= 0.3 is 0 Å². The number of carbonyl (C=O) groups excluding carboxylic acids is 1. The fraction of sp³-hybridized carbons (Fsp3) is 0.469. The van der Waals surface area contributed by atoms with E-state index < -0.39 is 5.41 Å². The first-order valence-corrected chi connectivity index (χ1v) is 14.4. The van der Waals surface area contributed by atoms with Crippen LogP contribution in [0, 0.1) is 6.92 Å². The van der Waals surface area contributed by atoms with Gasteiger partial charge in [0, 0.05) is 31.2 Å². The van der Waals surface area contributed by atoms with Crippen molar-refractivity contribution in [3.63, 3.8) is 0 Å². The third-order valence-electron chi connectivity index (χ3n) is 8.53. The topological polar surface area (TPSA) is 67.3 Å². The van der Waals surface area contributed by atoms with Gasteiger partial charge < -0.3 is 15.0 Å². The Bertz CT molecular complexity index is 1350. The number of fused-ring (bicyclic) bond motifs is 1. The number of halogens is 1. The number of rotatable bonds is 9. The minimum atomic E-state index is -0.446. The van der Waals surface area contributed by atoms with E-state index in [4.69, 9.17) is 21.3 Å². The molecule has 39 heavy (non-hydrogen) atoms. The molecular formula is C32H39ClN4O2. The van der Waals surface area contributed by atoms with Crippen LogP contribution in [0.25, 0.3) is 0 Å². The Hall–Kier alpha value is -2.80. The minimum Gasteiger partial charge on any atom is -0.383 e. The van der Waals surface area contributed by atoms with Gasteiger partial charge in [-0.2, -0.15) is 0 Å². The Labute approximate surface area is 237 Å². The fourth-order valence-corrected chi connectivity index (χ4v) is 6.33. The van der Waals surface area contributed by atoms with Crippen molar-refractivity contribution in [2.75, 3.05) is 38.7 Å². The van der Waals surface area contributed by atoms with Crippen molar-refractivity contribution in [3.8, 4) is 0 Å². The Morgan fingerprint density at radius 2 is 1.95 bits per heavy atom. The predicted molar refractivity (Wildman–Crippen MR) is 157 cm³/mol. The van der Waals surface area contributed by atoms with Gasteiger partial charge in [-0.25, -0.2) is 9.97 Å². The van der Waals surface area contributed by atoms with Crippen LogP contribution in [0.3, 0.4) is 0 Å². The van der Waals surface area contributed by atoms with Crippen LogP contribution in [0.5, 0.6) is 0 Å². The van der Waals surface area contributed by atoms with Gasteiger partial charge in [-0.1, -0.05) is 41.9 Å². The Balaban J connectivity index is 1.25. The lowest BCUT2D eigenvalue weighted by atomic mass is 9.82. The number of piperidine rings is 1. The largest absolute Gasteiger partial charge is 0.383 e. The van der Waals surface area contributed by atoms with Crippen LogP contribution in [0.1, 0.15) is 66.1 Å². The summed E-state index contributed by atoms with van der Waals surface area (Å²) in [5.74, 6) is 1.42. The van der Waals surface area contributed by atoms with Crippen molar-refractivity contribution < 1.29 is 9.53 Å². The van der Waals surface area contributed by atoms with E-state index in [-0.39, 0.29) is 5.78 Å². The van der Waals surface area contributed by atoms with E-state index in [0.29, 0.717) is 29.7 Å². The first kappa shape index (κ1) is 27.8. The van der Waals surface area contributed by atoms with Crippen LogP contribution in [-0.2, 0) is 34.2 Å². The smallest absolute Gasteiger partial charge is 0.227 e. The summed E-state index contributed by atoms with van der Waals surface area (Å²) in [4.78, 5) is 24.3. The Kier molecular flexibility index (Phi) is 8.36. The molecule has 5 rings (SSSR count). The summed E-state index contributed by atoms with van der Waals surface area (Å²) in [5.41, 5.74) is 7.47. The zero-order chi connectivity index (χ0) is 27.6. The average molecular weight is 547 g/mol. The highest BCUT2D eigenvalue weighted by molar-refractivity contribution is 6.31. The van der Waals surface area contributed by atoms with Gasteiger partial charge in [0.15, 0.2) is 0 Å². The van der Waals surface area contributed by atoms with E-state index in [1.54, 1.807) is 13.3 Å². The summed E-state index contributed by atoms with van der Waals surface area (Å²) in [6.07, 6.45) is 6.00. The second-order valence-corrected chi connectivity index (χ2v) is 11.9. The number of hydrogen-bond acceptors (Lipinski definition) is 6. The van der Waals surface area contributed by atoms with Crippen molar-refractivity contribution in [1.29, 1.82) is 0 Å². The van der Waals surface area contributed by atoms with Gasteiger partial charge in [0.05, 0.1) is 23.5 Å². The van der Waals surface area contributed by atoms with Gasteiger partial charge in [0.1, 0.15) is 5.78 Å². The molecule has 2 aromatic carbocycles. The van der Waals surface area contributed by atoms with E-state index in [2.05, 4.69) is 58.5 Å². The molecule has 6 nitrogen and oxygen atoms in total. The number of ether oxygens (including phenoxy) is 1. The summed E-state index contributed by atoms with van der Waals surface area (Å²) in [5, 5.41) is 3.97. The second kappa shape index (κ2) is 11.7. The van der Waals surface area contributed by atoms with Gasteiger partial charge in [-0.15, -0.1) is 0 Å². The maximum atomic E-state index is 12.6. The summed E-state index contributed by atoms with van der Waals surface area (Å²) in [6, 6.07) is 12.9. The molecule has 1 aliphatic heterocycles. The Morgan fingerprint density at radius 1 is 1.15 bits per heavy atom. The number of Topliss-reactive ketones (excluding diaryl/α,β-unsaturated/α-hetero) is 1. The van der Waals surface area contributed by atoms with E-state index in [1.807, 2.05) is 13.8 Å². The zero-order valence-corrected chi connectivity index (χ0v) is 24.3. The van der Waals surface area contributed by atoms with Crippen LogP contribution >= 0.6 is 11.6 Å². The van der Waals surface area contributed by atoms with Crippen molar-refractivity contribution in [2.45, 2.75) is 64.2 Å². The van der Waals surface area contributed by atoms with E-state index >= 15 is 0 Å². The molecule has 2 heterocycles. The third-order valence-corrected chi connectivity index (χ3v) is 8.84. The number of ketones is 1. The summed E-state index contributed by atoms with van der Waals surface area (Å²) < 4.78 is 5.23. The van der Waals surface area contributed by atoms with Crippen molar-refractivity contribution in [1.82, 2.24) is 14.9 Å². The highest BCUT2D eigenvalue weighted by Gasteiger charge is 2.39. The third kappa shape index (κ3) is 6.03. The quantitative estimate of drug-likeness (QED) is 0.345. The molecule has 0 radical (unpaired) electrons. The lowest BCUT2D eigenvalue weighted by Crippen LogP contribution is -2.35. The van der Waals surface area contributed by atoms with E-state index in [1.165, 1.54) is 35.1 Å². The molecule has 0 atom stereocenters. The number of nitrogens with one attached hydrogen (secondary N) is 1. The number of aromatic nitrogens is 2. The van der Waals surface area contributed by atoms with Crippen molar-refractivity contribution in [3.05, 3.63) is 81.1 Å². The normalized spacial score (nSPS) is 17.4.